The number of nitrogens with one attached hydrogen (secondary N) is 2. The largest absolute Gasteiger partial charge is 0.353 e. The van der Waals surface area contributed by atoms with Crippen LogP contribution in [0.1, 0.15) is 21.5 Å². The average molecular weight is 459 g/mol. The molecule has 2 aromatic carbocycles. The summed E-state index contributed by atoms with van der Waals surface area (Å²) in [5, 5.41) is 4.25. The van der Waals surface area contributed by atoms with Gasteiger partial charge in [0.25, 0.3) is 17.1 Å². The van der Waals surface area contributed by atoms with Crippen LogP contribution in [0.2, 0.25) is 0 Å². The molecular weight excluding hydrogens is 440 g/mol. The lowest BCUT2D eigenvalue weighted by atomic mass is 10.1. The molecule has 3 rings (SSSR count). The molecule has 0 aliphatic carbocycles. The molecule has 1 aliphatic rings. The molecule has 7 nitrogen and oxygen atoms in total. The molecule has 32 heavy (non-hydrogen) atoms. The zero-order chi connectivity index (χ0) is 23.3. The lowest BCUT2D eigenvalue weighted by Gasteiger charge is -2.13. The van der Waals surface area contributed by atoms with Gasteiger partial charge in [-0.1, -0.05) is 29.8 Å². The van der Waals surface area contributed by atoms with Gasteiger partial charge < -0.3 is 10.6 Å². The number of nitrogens with zero attached hydrogens (tertiary/aromatic N) is 1. The summed E-state index contributed by atoms with van der Waals surface area (Å²) in [5.41, 5.74) is 1.48. The third kappa shape index (κ3) is 5.79. The van der Waals surface area contributed by atoms with Crippen LogP contribution < -0.4 is 10.6 Å². The van der Waals surface area contributed by atoms with E-state index in [4.69, 9.17) is 0 Å². The highest BCUT2D eigenvalue weighted by Crippen LogP contribution is 2.31. The van der Waals surface area contributed by atoms with Crippen molar-refractivity contribution in [2.24, 2.45) is 0 Å². The molecule has 1 saturated heterocycles. The molecule has 166 valence electrons. The molecular formula is C22H19F2N3O4S. The number of hydrogen-bond acceptors (Lipinski definition) is 5. The van der Waals surface area contributed by atoms with Gasteiger partial charge in [-0.25, -0.2) is 8.78 Å². The third-order valence-corrected chi connectivity index (χ3v) is 5.40. The molecule has 0 unspecified atom stereocenters. The predicted octanol–water partition coefficient (Wildman–Crippen LogP) is 2.86. The van der Waals surface area contributed by atoms with Crippen LogP contribution in [0.5, 0.6) is 0 Å². The van der Waals surface area contributed by atoms with Crippen molar-refractivity contribution in [2.45, 2.75) is 6.92 Å². The maximum atomic E-state index is 13.6. The van der Waals surface area contributed by atoms with Crippen LogP contribution in [0.15, 0.2) is 47.4 Å². The molecule has 0 spiro atoms. The zero-order valence-electron chi connectivity index (χ0n) is 17.0. The molecule has 2 N–H and O–H groups in total. The normalized spacial score (nSPS) is 14.7. The van der Waals surface area contributed by atoms with E-state index in [1.807, 2.05) is 31.2 Å². The molecule has 1 fully saturated rings. The van der Waals surface area contributed by atoms with Crippen molar-refractivity contribution in [3.8, 4) is 0 Å². The topological polar surface area (TPSA) is 95.6 Å². The Balaban J connectivity index is 1.46. The van der Waals surface area contributed by atoms with Crippen molar-refractivity contribution in [1.29, 1.82) is 0 Å². The highest BCUT2D eigenvalue weighted by atomic mass is 32.2. The monoisotopic (exact) mass is 459 g/mol. The number of carbonyl (C=O) groups is 4. The van der Waals surface area contributed by atoms with E-state index in [1.54, 1.807) is 6.08 Å². The summed E-state index contributed by atoms with van der Waals surface area (Å²) in [7, 11) is 0. The van der Waals surface area contributed by atoms with Gasteiger partial charge >= 0.3 is 0 Å². The molecule has 0 radical (unpaired) electrons. The van der Waals surface area contributed by atoms with Crippen molar-refractivity contribution < 1.29 is 28.0 Å². The van der Waals surface area contributed by atoms with Crippen LogP contribution in [-0.2, 0) is 9.59 Å². The van der Waals surface area contributed by atoms with E-state index in [1.165, 1.54) is 0 Å². The van der Waals surface area contributed by atoms with Crippen molar-refractivity contribution >= 4 is 40.8 Å². The van der Waals surface area contributed by atoms with Crippen LogP contribution in [0.4, 0.5) is 13.6 Å². The number of benzene rings is 2. The van der Waals surface area contributed by atoms with E-state index < -0.39 is 46.7 Å². The standard InChI is InChI=1S/C22H19F2N3O4S/c1-13-2-4-14(5-3-13)10-18-21(30)27(22(31)32-18)9-8-25-19(28)12-26-20(29)16-7-6-15(23)11-17(16)24/h2-7,10-11H,8-9,12H2,1H3,(H,25,28)(H,26,29)/b18-10-. The first-order valence-corrected chi connectivity index (χ1v) is 10.4. The van der Waals surface area contributed by atoms with Gasteiger partial charge in [0.1, 0.15) is 11.6 Å². The third-order valence-electron chi connectivity index (χ3n) is 4.49. The van der Waals surface area contributed by atoms with Crippen LogP contribution in [0.25, 0.3) is 6.08 Å². The molecule has 4 amide bonds. The lowest BCUT2D eigenvalue weighted by Crippen LogP contribution is -2.41. The summed E-state index contributed by atoms with van der Waals surface area (Å²) in [4.78, 5) is 49.7. The molecule has 0 saturated carbocycles. The molecule has 0 aromatic heterocycles. The first-order valence-electron chi connectivity index (χ1n) is 9.56. The van der Waals surface area contributed by atoms with E-state index in [9.17, 15) is 28.0 Å². The second-order valence-corrected chi connectivity index (χ2v) is 7.89. The number of carbonyl (C=O) groups excluding carboxylic acids is 4. The number of hydrogen-bond donors (Lipinski definition) is 2. The van der Waals surface area contributed by atoms with Gasteiger partial charge in [0.15, 0.2) is 0 Å². The first kappa shape index (κ1) is 23.1. The number of amides is 4. The molecule has 0 atom stereocenters. The van der Waals surface area contributed by atoms with Crippen molar-refractivity contribution in [3.05, 3.63) is 75.7 Å². The summed E-state index contributed by atoms with van der Waals surface area (Å²) >= 11 is 0.820. The van der Waals surface area contributed by atoms with E-state index in [0.29, 0.717) is 11.0 Å². The Bertz CT molecular complexity index is 1100. The number of rotatable bonds is 7. The Labute approximate surface area is 186 Å². The van der Waals surface area contributed by atoms with E-state index in [2.05, 4.69) is 10.6 Å². The quantitative estimate of drug-likeness (QED) is 0.621. The second kappa shape index (κ2) is 10.2. The van der Waals surface area contributed by atoms with E-state index >= 15 is 0 Å². The van der Waals surface area contributed by atoms with Crippen LogP contribution >= 0.6 is 11.8 Å². The Morgan fingerprint density at radius 2 is 1.78 bits per heavy atom. The number of aryl methyl sites for hydroxylation is 1. The zero-order valence-corrected chi connectivity index (χ0v) is 17.8. The first-order chi connectivity index (χ1) is 15.2. The second-order valence-electron chi connectivity index (χ2n) is 6.90. The minimum Gasteiger partial charge on any atom is -0.353 e. The smallest absolute Gasteiger partial charge is 0.293 e. The van der Waals surface area contributed by atoms with Crippen molar-refractivity contribution in [3.63, 3.8) is 0 Å². The highest BCUT2D eigenvalue weighted by molar-refractivity contribution is 8.18. The van der Waals surface area contributed by atoms with Crippen molar-refractivity contribution in [1.82, 2.24) is 15.5 Å². The summed E-state index contributed by atoms with van der Waals surface area (Å²) in [6.45, 7) is 1.43. The maximum absolute atomic E-state index is 13.6. The predicted molar refractivity (Wildman–Crippen MR) is 116 cm³/mol. The fourth-order valence-corrected chi connectivity index (χ4v) is 3.67. The number of halogens is 2. The molecule has 1 aliphatic heterocycles. The minimum absolute atomic E-state index is 0.0184. The van der Waals surface area contributed by atoms with Crippen LogP contribution in [-0.4, -0.2) is 47.5 Å². The fourth-order valence-electron chi connectivity index (χ4n) is 2.81. The van der Waals surface area contributed by atoms with E-state index in [0.717, 1.165) is 39.9 Å². The maximum Gasteiger partial charge on any atom is 0.293 e. The van der Waals surface area contributed by atoms with Crippen LogP contribution in [0.3, 0.4) is 0 Å². The van der Waals surface area contributed by atoms with Gasteiger partial charge in [-0.05, 0) is 42.5 Å². The van der Waals surface area contributed by atoms with Gasteiger partial charge in [0.2, 0.25) is 5.91 Å². The average Bonchev–Trinajstić information content (AvgIpc) is 3.01. The fraction of sp³-hybridized carbons (Fsp3) is 0.182. The SMILES string of the molecule is Cc1ccc(/C=C2\SC(=O)N(CCNC(=O)CNC(=O)c3ccc(F)cc3F)C2=O)cc1. The molecule has 10 heteroatoms. The Morgan fingerprint density at radius 1 is 1.06 bits per heavy atom. The van der Waals surface area contributed by atoms with Gasteiger partial charge in [0.05, 0.1) is 17.0 Å². The van der Waals surface area contributed by atoms with E-state index in [-0.39, 0.29) is 13.1 Å². The molecule has 1 heterocycles. The Hall–Kier alpha value is -3.53. The minimum atomic E-state index is -1.04. The Kier molecular flexibility index (Phi) is 7.37. The Morgan fingerprint density at radius 3 is 2.47 bits per heavy atom. The summed E-state index contributed by atoms with van der Waals surface area (Å²) < 4.78 is 26.5. The number of thioether (sulfide) groups is 1. The van der Waals surface area contributed by atoms with Gasteiger partial charge in [-0.15, -0.1) is 0 Å². The van der Waals surface area contributed by atoms with Crippen molar-refractivity contribution in [2.75, 3.05) is 19.6 Å². The van der Waals surface area contributed by atoms with Gasteiger partial charge in [0, 0.05) is 19.2 Å². The van der Waals surface area contributed by atoms with Gasteiger partial charge in [-0.2, -0.15) is 0 Å². The van der Waals surface area contributed by atoms with Gasteiger partial charge in [-0.3, -0.25) is 24.1 Å². The van der Waals surface area contributed by atoms with Crippen LogP contribution in [0, 0.1) is 18.6 Å². The number of imide groups is 1. The summed E-state index contributed by atoms with van der Waals surface area (Å²) in [6, 6.07) is 9.96. The molecule has 2 aromatic rings. The molecule has 0 bridgehead atoms. The summed E-state index contributed by atoms with van der Waals surface area (Å²) in [5.74, 6) is -3.78. The lowest BCUT2D eigenvalue weighted by molar-refractivity contribution is -0.124. The highest BCUT2D eigenvalue weighted by Gasteiger charge is 2.34. The summed E-state index contributed by atoms with van der Waals surface area (Å²) in [6.07, 6.45) is 1.63.